The van der Waals surface area contributed by atoms with E-state index in [0.717, 1.165) is 11.9 Å². The molecular formula is C20H21ClN4O3S. The highest BCUT2D eigenvalue weighted by molar-refractivity contribution is 7.90. The van der Waals surface area contributed by atoms with E-state index in [0.29, 0.717) is 11.6 Å². The molecule has 152 valence electrons. The van der Waals surface area contributed by atoms with Crippen LogP contribution in [-0.2, 0) is 15.3 Å². The van der Waals surface area contributed by atoms with Crippen molar-refractivity contribution in [2.45, 2.75) is 31.1 Å². The molecule has 9 heteroatoms. The molecule has 0 unspecified atom stereocenters. The Kier molecular flexibility index (Phi) is 5.51. The molecule has 0 atom stereocenters. The summed E-state index contributed by atoms with van der Waals surface area (Å²) in [5.41, 5.74) is 0.558. The largest absolute Gasteiger partial charge is 0.306 e. The summed E-state index contributed by atoms with van der Waals surface area (Å²) in [6.45, 7) is 6.03. The van der Waals surface area contributed by atoms with Crippen LogP contribution >= 0.6 is 11.6 Å². The number of carbonyl (C=O) groups is 1. The molecule has 0 saturated carbocycles. The number of nitrogens with zero attached hydrogens (tertiary/aromatic N) is 3. The van der Waals surface area contributed by atoms with Gasteiger partial charge in [-0.05, 0) is 30.3 Å². The third-order valence-corrected chi connectivity index (χ3v) is 5.64. The second kappa shape index (κ2) is 7.61. The van der Waals surface area contributed by atoms with Crippen molar-refractivity contribution in [3.8, 4) is 5.82 Å². The molecule has 0 aliphatic carbocycles. The maximum absolute atomic E-state index is 12.9. The van der Waals surface area contributed by atoms with E-state index in [-0.39, 0.29) is 20.9 Å². The van der Waals surface area contributed by atoms with Crippen molar-refractivity contribution in [1.82, 2.24) is 14.8 Å². The predicted molar refractivity (Wildman–Crippen MR) is 113 cm³/mol. The van der Waals surface area contributed by atoms with Crippen LogP contribution < -0.4 is 5.32 Å². The number of rotatable bonds is 4. The molecule has 0 saturated heterocycles. The van der Waals surface area contributed by atoms with Crippen LogP contribution in [0.1, 0.15) is 36.8 Å². The number of hydrogen-bond donors (Lipinski definition) is 1. The Bertz CT molecular complexity index is 1170. The fourth-order valence-electron chi connectivity index (χ4n) is 2.58. The van der Waals surface area contributed by atoms with Crippen LogP contribution in [0.25, 0.3) is 5.82 Å². The molecule has 0 spiro atoms. The third-order valence-electron chi connectivity index (χ3n) is 4.20. The van der Waals surface area contributed by atoms with Gasteiger partial charge in [0.2, 0.25) is 0 Å². The summed E-state index contributed by atoms with van der Waals surface area (Å²) < 4.78 is 25.2. The zero-order chi connectivity index (χ0) is 21.4. The second-order valence-corrected chi connectivity index (χ2v) is 10.1. The highest BCUT2D eigenvalue weighted by Crippen LogP contribution is 2.27. The Morgan fingerprint density at radius 1 is 1.14 bits per heavy atom. The molecule has 2 aromatic heterocycles. The van der Waals surface area contributed by atoms with Gasteiger partial charge in [-0.1, -0.05) is 38.4 Å². The average Bonchev–Trinajstić information content (AvgIpc) is 3.06. The van der Waals surface area contributed by atoms with Crippen molar-refractivity contribution in [3.05, 3.63) is 64.9 Å². The first-order chi connectivity index (χ1) is 13.5. The van der Waals surface area contributed by atoms with Crippen molar-refractivity contribution in [1.29, 1.82) is 0 Å². The SMILES string of the molecule is CC(C)(C)c1cc(NC(=O)c2cc(S(C)(=O)=O)ccc2Cl)n(-c2ccccn2)n1. The minimum Gasteiger partial charge on any atom is -0.306 e. The summed E-state index contributed by atoms with van der Waals surface area (Å²) in [4.78, 5) is 17.2. The quantitative estimate of drug-likeness (QED) is 0.675. The van der Waals surface area contributed by atoms with Crippen LogP contribution in [0.4, 0.5) is 5.82 Å². The van der Waals surface area contributed by atoms with Gasteiger partial charge in [-0.3, -0.25) is 4.79 Å². The van der Waals surface area contributed by atoms with Gasteiger partial charge in [0.15, 0.2) is 15.7 Å². The molecule has 0 aliphatic rings. The summed E-state index contributed by atoms with van der Waals surface area (Å²) in [7, 11) is -3.48. The monoisotopic (exact) mass is 432 g/mol. The van der Waals surface area contributed by atoms with Gasteiger partial charge in [-0.25, -0.2) is 13.4 Å². The Balaban J connectivity index is 2.04. The second-order valence-electron chi connectivity index (χ2n) is 7.63. The van der Waals surface area contributed by atoms with Crippen LogP contribution in [0, 0.1) is 0 Å². The Labute approximate surface area is 174 Å². The van der Waals surface area contributed by atoms with Gasteiger partial charge in [0.05, 0.1) is 21.2 Å². The predicted octanol–water partition coefficient (Wildman–Crippen LogP) is 3.87. The molecule has 0 bridgehead atoms. The highest BCUT2D eigenvalue weighted by Gasteiger charge is 2.23. The van der Waals surface area contributed by atoms with E-state index < -0.39 is 15.7 Å². The van der Waals surface area contributed by atoms with Gasteiger partial charge in [0.25, 0.3) is 5.91 Å². The third kappa shape index (κ3) is 4.65. The number of nitrogens with one attached hydrogen (secondary N) is 1. The Hall–Kier alpha value is -2.71. The van der Waals surface area contributed by atoms with Crippen molar-refractivity contribution < 1.29 is 13.2 Å². The number of halogens is 1. The number of benzene rings is 1. The van der Waals surface area contributed by atoms with E-state index in [1.165, 1.54) is 22.9 Å². The number of anilines is 1. The first-order valence-electron chi connectivity index (χ1n) is 8.80. The molecule has 1 amide bonds. The number of sulfone groups is 1. The van der Waals surface area contributed by atoms with Gasteiger partial charge in [-0.15, -0.1) is 0 Å². The van der Waals surface area contributed by atoms with Gasteiger partial charge in [0.1, 0.15) is 5.82 Å². The fourth-order valence-corrected chi connectivity index (χ4v) is 3.43. The first kappa shape index (κ1) is 21.0. The van der Waals surface area contributed by atoms with Crippen LogP contribution in [0.3, 0.4) is 0 Å². The summed E-state index contributed by atoms with van der Waals surface area (Å²) in [6, 6.07) is 11.2. The summed E-state index contributed by atoms with van der Waals surface area (Å²) in [5.74, 6) is 0.395. The number of hydrogen-bond acceptors (Lipinski definition) is 5. The standard InChI is InChI=1S/C20H21ClN4O3S/c1-20(2,3)16-12-18(25(24-16)17-7-5-6-10-22-17)23-19(26)14-11-13(29(4,27)28)8-9-15(14)21/h5-12H,1-4H3,(H,23,26). The summed E-state index contributed by atoms with van der Waals surface area (Å²) in [5, 5.41) is 7.52. The zero-order valence-corrected chi connectivity index (χ0v) is 18.0. The van der Waals surface area contributed by atoms with Gasteiger partial charge >= 0.3 is 0 Å². The molecule has 0 radical (unpaired) electrons. The van der Waals surface area contributed by atoms with E-state index in [4.69, 9.17) is 11.6 Å². The van der Waals surface area contributed by atoms with Crippen molar-refractivity contribution >= 4 is 33.2 Å². The highest BCUT2D eigenvalue weighted by atomic mass is 35.5. The summed E-state index contributed by atoms with van der Waals surface area (Å²) in [6.07, 6.45) is 2.70. The molecule has 7 nitrogen and oxygen atoms in total. The van der Waals surface area contributed by atoms with E-state index in [1.54, 1.807) is 24.4 Å². The maximum atomic E-state index is 12.9. The van der Waals surface area contributed by atoms with Crippen LogP contribution in [0.5, 0.6) is 0 Å². The van der Waals surface area contributed by atoms with E-state index in [2.05, 4.69) is 15.4 Å². The molecule has 3 rings (SSSR count). The molecule has 29 heavy (non-hydrogen) atoms. The lowest BCUT2D eigenvalue weighted by Gasteiger charge is -2.13. The van der Waals surface area contributed by atoms with Gasteiger partial charge in [0, 0.05) is 23.9 Å². The Morgan fingerprint density at radius 3 is 2.45 bits per heavy atom. The van der Waals surface area contributed by atoms with Crippen molar-refractivity contribution in [3.63, 3.8) is 0 Å². The lowest BCUT2D eigenvalue weighted by molar-refractivity contribution is 0.102. The van der Waals surface area contributed by atoms with E-state index in [9.17, 15) is 13.2 Å². The van der Waals surface area contributed by atoms with Crippen molar-refractivity contribution in [2.24, 2.45) is 0 Å². The van der Waals surface area contributed by atoms with Gasteiger partial charge in [-0.2, -0.15) is 9.78 Å². The molecule has 3 aromatic rings. The number of amides is 1. The van der Waals surface area contributed by atoms with Crippen molar-refractivity contribution in [2.75, 3.05) is 11.6 Å². The lowest BCUT2D eigenvalue weighted by Crippen LogP contribution is -2.16. The minimum absolute atomic E-state index is 0.0145. The zero-order valence-electron chi connectivity index (χ0n) is 16.5. The normalized spacial score (nSPS) is 12.0. The molecule has 0 aliphatic heterocycles. The average molecular weight is 433 g/mol. The molecular weight excluding hydrogens is 412 g/mol. The number of aromatic nitrogens is 3. The van der Waals surface area contributed by atoms with E-state index in [1.807, 2.05) is 26.8 Å². The van der Waals surface area contributed by atoms with E-state index >= 15 is 0 Å². The molecule has 1 N–H and O–H groups in total. The maximum Gasteiger partial charge on any atom is 0.258 e. The van der Waals surface area contributed by atoms with Crippen LogP contribution in [0.15, 0.2) is 53.6 Å². The number of pyridine rings is 1. The number of carbonyl (C=O) groups excluding carboxylic acids is 1. The molecule has 2 heterocycles. The lowest BCUT2D eigenvalue weighted by atomic mass is 9.92. The summed E-state index contributed by atoms with van der Waals surface area (Å²) >= 11 is 6.15. The first-order valence-corrected chi connectivity index (χ1v) is 11.1. The van der Waals surface area contributed by atoms with Gasteiger partial charge < -0.3 is 5.32 Å². The smallest absolute Gasteiger partial charge is 0.258 e. The Morgan fingerprint density at radius 2 is 1.86 bits per heavy atom. The minimum atomic E-state index is -3.48. The fraction of sp³-hybridized carbons (Fsp3) is 0.250. The van der Waals surface area contributed by atoms with Crippen LogP contribution in [0.2, 0.25) is 5.02 Å². The topological polar surface area (TPSA) is 94.0 Å². The molecule has 1 aromatic carbocycles. The molecule has 0 fully saturated rings. The van der Waals surface area contributed by atoms with Crippen LogP contribution in [-0.4, -0.2) is 35.3 Å².